The van der Waals surface area contributed by atoms with E-state index in [4.69, 9.17) is 14.6 Å². The van der Waals surface area contributed by atoms with E-state index in [9.17, 15) is 4.79 Å². The second-order valence-corrected chi connectivity index (χ2v) is 3.60. The topological polar surface area (TPSA) is 55.8 Å². The van der Waals surface area contributed by atoms with Crippen molar-refractivity contribution in [3.05, 3.63) is 17.2 Å². The highest BCUT2D eigenvalue weighted by molar-refractivity contribution is 7.80. The SMILES string of the molecule is CCc1cc(C(=O)O)c(OC)c(OC)c1S. The molecule has 0 amide bonds. The van der Waals surface area contributed by atoms with Crippen molar-refractivity contribution >= 4 is 18.6 Å². The predicted octanol–water partition coefficient (Wildman–Crippen LogP) is 2.25. The third-order valence-electron chi connectivity index (χ3n) is 2.31. The van der Waals surface area contributed by atoms with Crippen LogP contribution in [0.1, 0.15) is 22.8 Å². The van der Waals surface area contributed by atoms with Crippen LogP contribution < -0.4 is 9.47 Å². The molecule has 0 saturated carbocycles. The monoisotopic (exact) mass is 242 g/mol. The molecule has 1 rings (SSSR count). The molecule has 0 spiro atoms. The van der Waals surface area contributed by atoms with Gasteiger partial charge in [0.1, 0.15) is 5.56 Å². The van der Waals surface area contributed by atoms with Crippen molar-refractivity contribution < 1.29 is 19.4 Å². The Morgan fingerprint density at radius 2 is 1.94 bits per heavy atom. The second kappa shape index (κ2) is 5.12. The second-order valence-electron chi connectivity index (χ2n) is 3.16. The summed E-state index contributed by atoms with van der Waals surface area (Å²) in [5.74, 6) is -0.474. The number of ether oxygens (including phenoxy) is 2. The van der Waals surface area contributed by atoms with Gasteiger partial charge in [0, 0.05) is 0 Å². The minimum absolute atomic E-state index is 0.0917. The van der Waals surface area contributed by atoms with E-state index in [1.807, 2.05) is 6.92 Å². The summed E-state index contributed by atoms with van der Waals surface area (Å²) in [6.45, 7) is 1.92. The number of aryl methyl sites for hydroxylation is 1. The number of methoxy groups -OCH3 is 2. The molecule has 5 heteroatoms. The van der Waals surface area contributed by atoms with E-state index in [-0.39, 0.29) is 11.3 Å². The number of hydrogen-bond acceptors (Lipinski definition) is 4. The van der Waals surface area contributed by atoms with Crippen molar-refractivity contribution in [2.75, 3.05) is 14.2 Å². The van der Waals surface area contributed by atoms with E-state index in [2.05, 4.69) is 12.6 Å². The maximum absolute atomic E-state index is 11.1. The highest BCUT2D eigenvalue weighted by Crippen LogP contribution is 2.39. The van der Waals surface area contributed by atoms with Gasteiger partial charge in [0.2, 0.25) is 0 Å². The number of rotatable bonds is 4. The van der Waals surface area contributed by atoms with Gasteiger partial charge in [-0.3, -0.25) is 0 Å². The molecule has 0 aliphatic carbocycles. The molecule has 0 bridgehead atoms. The maximum Gasteiger partial charge on any atom is 0.339 e. The van der Waals surface area contributed by atoms with Crippen molar-refractivity contribution in [3.63, 3.8) is 0 Å². The molecular weight excluding hydrogens is 228 g/mol. The Hall–Kier alpha value is -1.36. The molecule has 0 radical (unpaired) electrons. The van der Waals surface area contributed by atoms with Crippen molar-refractivity contribution in [2.45, 2.75) is 18.2 Å². The summed E-state index contributed by atoms with van der Waals surface area (Å²) in [7, 11) is 2.87. The van der Waals surface area contributed by atoms with Gasteiger partial charge in [0.15, 0.2) is 11.5 Å². The Morgan fingerprint density at radius 1 is 1.38 bits per heavy atom. The van der Waals surface area contributed by atoms with Crippen molar-refractivity contribution in [2.24, 2.45) is 0 Å². The van der Waals surface area contributed by atoms with E-state index in [0.717, 1.165) is 5.56 Å². The van der Waals surface area contributed by atoms with E-state index in [1.165, 1.54) is 14.2 Å². The molecular formula is C11H14O4S. The number of thiol groups is 1. The molecule has 0 aliphatic rings. The zero-order valence-corrected chi connectivity index (χ0v) is 10.3. The highest BCUT2D eigenvalue weighted by atomic mass is 32.1. The Bertz CT molecular complexity index is 415. The van der Waals surface area contributed by atoms with Gasteiger partial charge in [0.05, 0.1) is 19.1 Å². The normalized spacial score (nSPS) is 10.0. The van der Waals surface area contributed by atoms with Crippen LogP contribution in [-0.2, 0) is 6.42 Å². The minimum atomic E-state index is -1.04. The maximum atomic E-state index is 11.1. The summed E-state index contributed by atoms with van der Waals surface area (Å²) in [5, 5.41) is 9.07. The van der Waals surface area contributed by atoms with Crippen LogP contribution in [0.25, 0.3) is 0 Å². The van der Waals surface area contributed by atoms with Gasteiger partial charge in [-0.2, -0.15) is 0 Å². The predicted molar refractivity (Wildman–Crippen MR) is 63.1 cm³/mol. The van der Waals surface area contributed by atoms with Crippen LogP contribution in [0.4, 0.5) is 0 Å². The zero-order valence-electron chi connectivity index (χ0n) is 9.40. The van der Waals surface area contributed by atoms with Crippen molar-refractivity contribution in [1.29, 1.82) is 0 Å². The average molecular weight is 242 g/mol. The van der Waals surface area contributed by atoms with Crippen LogP contribution >= 0.6 is 12.6 Å². The molecule has 0 aromatic heterocycles. The standard InChI is InChI=1S/C11H14O4S/c1-4-6-5-7(11(12)13)8(14-2)9(15-3)10(6)16/h5,16H,4H2,1-3H3,(H,12,13). The van der Waals surface area contributed by atoms with E-state index >= 15 is 0 Å². The number of carboxylic acids is 1. The first-order valence-corrected chi connectivity index (χ1v) is 5.21. The molecule has 16 heavy (non-hydrogen) atoms. The zero-order chi connectivity index (χ0) is 12.3. The minimum Gasteiger partial charge on any atom is -0.492 e. The molecule has 1 N–H and O–H groups in total. The van der Waals surface area contributed by atoms with Gasteiger partial charge < -0.3 is 14.6 Å². The fraction of sp³-hybridized carbons (Fsp3) is 0.364. The molecule has 1 aromatic carbocycles. The van der Waals surface area contributed by atoms with Crippen LogP contribution in [0, 0.1) is 0 Å². The van der Waals surface area contributed by atoms with Crippen LogP contribution in [0.3, 0.4) is 0 Å². The third-order valence-corrected chi connectivity index (χ3v) is 2.80. The van der Waals surface area contributed by atoms with Gasteiger partial charge in [-0.15, -0.1) is 12.6 Å². The average Bonchev–Trinajstić information content (AvgIpc) is 2.27. The summed E-state index contributed by atoms with van der Waals surface area (Å²) in [4.78, 5) is 11.7. The summed E-state index contributed by atoms with van der Waals surface area (Å²) in [6.07, 6.45) is 0.680. The summed E-state index contributed by atoms with van der Waals surface area (Å²) < 4.78 is 10.2. The lowest BCUT2D eigenvalue weighted by molar-refractivity contribution is 0.0692. The fourth-order valence-corrected chi connectivity index (χ4v) is 1.92. The number of benzene rings is 1. The lowest BCUT2D eigenvalue weighted by Gasteiger charge is -2.15. The van der Waals surface area contributed by atoms with Gasteiger partial charge in [-0.1, -0.05) is 6.92 Å². The number of carbonyl (C=O) groups is 1. The van der Waals surface area contributed by atoms with Gasteiger partial charge in [-0.05, 0) is 18.1 Å². The molecule has 0 fully saturated rings. The summed E-state index contributed by atoms with van der Waals surface area (Å²) in [5.41, 5.74) is 0.910. The fourth-order valence-electron chi connectivity index (χ4n) is 1.50. The Labute approximate surface area is 99.6 Å². The largest absolute Gasteiger partial charge is 0.492 e. The van der Waals surface area contributed by atoms with Crippen LogP contribution in [0.5, 0.6) is 11.5 Å². The van der Waals surface area contributed by atoms with Gasteiger partial charge in [0.25, 0.3) is 0 Å². The third kappa shape index (κ3) is 2.09. The molecule has 1 aromatic rings. The summed E-state index contributed by atoms with van der Waals surface area (Å²) in [6, 6.07) is 1.56. The molecule has 0 saturated heterocycles. The lowest BCUT2D eigenvalue weighted by Crippen LogP contribution is -2.05. The first kappa shape index (κ1) is 12.7. The Kier molecular flexibility index (Phi) is 4.06. The molecule has 4 nitrogen and oxygen atoms in total. The first-order chi connectivity index (χ1) is 7.56. The molecule has 0 aliphatic heterocycles. The smallest absolute Gasteiger partial charge is 0.339 e. The van der Waals surface area contributed by atoms with Gasteiger partial charge in [-0.25, -0.2) is 4.79 Å². The highest BCUT2D eigenvalue weighted by Gasteiger charge is 2.20. The summed E-state index contributed by atoms with van der Waals surface area (Å²) >= 11 is 4.31. The van der Waals surface area contributed by atoms with E-state index in [0.29, 0.717) is 17.1 Å². The van der Waals surface area contributed by atoms with Gasteiger partial charge >= 0.3 is 5.97 Å². The van der Waals surface area contributed by atoms with Crippen LogP contribution in [0.15, 0.2) is 11.0 Å². The molecule has 88 valence electrons. The van der Waals surface area contributed by atoms with E-state index < -0.39 is 5.97 Å². The number of carboxylic acid groups (broad SMARTS) is 1. The molecule has 0 unspecified atom stereocenters. The number of aromatic carboxylic acids is 1. The van der Waals surface area contributed by atoms with Crippen molar-refractivity contribution in [3.8, 4) is 11.5 Å². The lowest BCUT2D eigenvalue weighted by atomic mass is 10.1. The first-order valence-electron chi connectivity index (χ1n) is 4.76. The number of hydrogen-bond donors (Lipinski definition) is 2. The Balaban J connectivity index is 3.56. The molecule has 0 atom stereocenters. The van der Waals surface area contributed by atoms with Crippen LogP contribution in [-0.4, -0.2) is 25.3 Å². The Morgan fingerprint density at radius 3 is 2.31 bits per heavy atom. The quantitative estimate of drug-likeness (QED) is 0.795. The van der Waals surface area contributed by atoms with E-state index in [1.54, 1.807) is 6.07 Å². The van der Waals surface area contributed by atoms with Crippen molar-refractivity contribution in [1.82, 2.24) is 0 Å². The molecule has 0 heterocycles. The van der Waals surface area contributed by atoms with Crippen LogP contribution in [0.2, 0.25) is 0 Å².